The quantitative estimate of drug-likeness (QED) is 0.756. The van der Waals surface area contributed by atoms with Gasteiger partial charge in [0.15, 0.2) is 11.6 Å². The lowest BCUT2D eigenvalue weighted by atomic mass is 10.0. The number of hydrogen-bond donors (Lipinski definition) is 1. The van der Waals surface area contributed by atoms with E-state index in [0.29, 0.717) is 23.8 Å². The molecule has 1 fully saturated rings. The monoisotopic (exact) mass is 356 g/mol. The summed E-state index contributed by atoms with van der Waals surface area (Å²) in [5, 5.41) is 0. The second-order valence-corrected chi connectivity index (χ2v) is 7.25. The first-order chi connectivity index (χ1) is 12.3. The molecule has 0 saturated heterocycles. The number of rotatable bonds is 7. The minimum Gasteiger partial charge on any atom is -0.355 e. The molecule has 2 aromatic rings. The highest BCUT2D eigenvalue weighted by Crippen LogP contribution is 2.32. The lowest BCUT2D eigenvalue weighted by Crippen LogP contribution is -2.40. The predicted octanol–water partition coefficient (Wildman–Crippen LogP) is 4.21. The van der Waals surface area contributed by atoms with Crippen molar-refractivity contribution in [3.8, 4) is 0 Å². The van der Waals surface area contributed by atoms with Crippen molar-refractivity contribution >= 4 is 11.6 Å². The van der Waals surface area contributed by atoms with Crippen LogP contribution in [0.2, 0.25) is 0 Å². The van der Waals surface area contributed by atoms with Crippen molar-refractivity contribution in [1.82, 2.24) is 9.88 Å². The summed E-state index contributed by atoms with van der Waals surface area (Å²) in [5.41, 5.74) is 3.58. The van der Waals surface area contributed by atoms with Crippen LogP contribution < -0.4 is 0 Å². The van der Waals surface area contributed by atoms with Crippen LogP contribution in [0, 0.1) is 19.7 Å². The van der Waals surface area contributed by atoms with Crippen LogP contribution >= 0.6 is 0 Å². The van der Waals surface area contributed by atoms with Gasteiger partial charge in [-0.25, -0.2) is 4.39 Å². The maximum absolute atomic E-state index is 13.2. The third-order valence-corrected chi connectivity index (χ3v) is 5.21. The number of nitrogens with one attached hydrogen (secondary N) is 1. The van der Waals surface area contributed by atoms with Gasteiger partial charge in [-0.05, 0) is 63.8 Å². The number of aromatic nitrogens is 1. The number of ketones is 2. The summed E-state index contributed by atoms with van der Waals surface area (Å²) in [6, 6.07) is 6.49. The molecule has 1 aliphatic carbocycles. The van der Waals surface area contributed by atoms with Gasteiger partial charge in [0.2, 0.25) is 0 Å². The second-order valence-electron chi connectivity index (χ2n) is 7.25. The maximum Gasteiger partial charge on any atom is 0.196 e. The molecule has 1 N–H and O–H groups in total. The van der Waals surface area contributed by atoms with Crippen molar-refractivity contribution in [2.24, 2.45) is 0 Å². The molecular weight excluding hydrogens is 331 g/mol. The Balaban J connectivity index is 1.84. The van der Waals surface area contributed by atoms with Crippen molar-refractivity contribution in [3.05, 3.63) is 58.2 Å². The highest BCUT2D eigenvalue weighted by atomic mass is 19.1. The van der Waals surface area contributed by atoms with Crippen molar-refractivity contribution in [3.63, 3.8) is 0 Å². The number of benzene rings is 1. The lowest BCUT2D eigenvalue weighted by Gasteiger charge is -2.28. The SMILES string of the molecule is CC(=O)c1c(C)[nH]c(C(=O)C(C)N(Cc2ccc(F)cc2)C2CC2)c1C. The fourth-order valence-corrected chi connectivity index (χ4v) is 3.67. The van der Waals surface area contributed by atoms with E-state index in [9.17, 15) is 14.0 Å². The highest BCUT2D eigenvalue weighted by molar-refractivity contribution is 6.05. The van der Waals surface area contributed by atoms with Gasteiger partial charge in [-0.2, -0.15) is 0 Å². The van der Waals surface area contributed by atoms with E-state index in [1.54, 1.807) is 12.1 Å². The van der Waals surface area contributed by atoms with Gasteiger partial charge in [0, 0.05) is 23.8 Å². The number of aromatic amines is 1. The van der Waals surface area contributed by atoms with Gasteiger partial charge in [-0.1, -0.05) is 12.1 Å². The summed E-state index contributed by atoms with van der Waals surface area (Å²) in [6.45, 7) is 7.68. The summed E-state index contributed by atoms with van der Waals surface area (Å²) in [6.07, 6.45) is 2.14. The fraction of sp³-hybridized carbons (Fsp3) is 0.429. The van der Waals surface area contributed by atoms with Crippen LogP contribution in [0.5, 0.6) is 0 Å². The maximum atomic E-state index is 13.2. The average molecular weight is 356 g/mol. The van der Waals surface area contributed by atoms with E-state index in [2.05, 4.69) is 9.88 Å². The van der Waals surface area contributed by atoms with Crippen molar-refractivity contribution in [1.29, 1.82) is 0 Å². The molecular formula is C21H25FN2O2. The Kier molecular flexibility index (Phi) is 5.10. The molecule has 4 nitrogen and oxygen atoms in total. The summed E-state index contributed by atoms with van der Waals surface area (Å²) < 4.78 is 13.2. The molecule has 1 aromatic heterocycles. The first kappa shape index (κ1) is 18.5. The van der Waals surface area contributed by atoms with Crippen LogP contribution in [0.1, 0.15) is 64.4 Å². The number of Topliss-reactive ketones (excluding diaryl/α,β-unsaturated/α-hetero) is 2. The smallest absolute Gasteiger partial charge is 0.196 e. The van der Waals surface area contributed by atoms with Crippen LogP contribution in [0.3, 0.4) is 0 Å². The van der Waals surface area contributed by atoms with Gasteiger partial charge < -0.3 is 4.98 Å². The Labute approximate surface area is 153 Å². The topological polar surface area (TPSA) is 53.2 Å². The molecule has 0 spiro atoms. The number of aryl methyl sites for hydroxylation is 1. The molecule has 5 heteroatoms. The van der Waals surface area contributed by atoms with E-state index in [1.807, 2.05) is 20.8 Å². The predicted molar refractivity (Wildman–Crippen MR) is 99.0 cm³/mol. The van der Waals surface area contributed by atoms with Gasteiger partial charge in [-0.15, -0.1) is 0 Å². The molecule has 0 amide bonds. The van der Waals surface area contributed by atoms with Crippen molar-refractivity contribution in [2.75, 3.05) is 0 Å². The molecule has 0 bridgehead atoms. The van der Waals surface area contributed by atoms with Crippen LogP contribution in [-0.2, 0) is 6.54 Å². The standard InChI is InChI=1S/C21H25FN2O2/c1-12-19(15(4)25)13(2)23-20(12)21(26)14(3)24(18-9-10-18)11-16-5-7-17(22)8-6-16/h5-8,14,18,23H,9-11H2,1-4H3. The van der Waals surface area contributed by atoms with E-state index in [1.165, 1.54) is 19.1 Å². The Bertz CT molecular complexity index is 834. The number of nitrogens with zero attached hydrogens (tertiary/aromatic N) is 1. The van der Waals surface area contributed by atoms with Crippen LogP contribution in [0.4, 0.5) is 4.39 Å². The molecule has 1 atom stereocenters. The lowest BCUT2D eigenvalue weighted by molar-refractivity contribution is 0.0809. The average Bonchev–Trinajstić information content (AvgIpc) is 3.38. The third-order valence-electron chi connectivity index (χ3n) is 5.21. The Morgan fingerprint density at radius 1 is 1.23 bits per heavy atom. The molecule has 138 valence electrons. The van der Waals surface area contributed by atoms with Gasteiger partial charge in [0.25, 0.3) is 0 Å². The van der Waals surface area contributed by atoms with Gasteiger partial charge in [0.05, 0.1) is 11.7 Å². The summed E-state index contributed by atoms with van der Waals surface area (Å²) in [5.74, 6) is -0.300. The zero-order valence-corrected chi connectivity index (χ0v) is 15.7. The molecule has 1 saturated carbocycles. The Morgan fingerprint density at radius 3 is 2.35 bits per heavy atom. The van der Waals surface area contributed by atoms with E-state index in [-0.39, 0.29) is 23.4 Å². The molecule has 1 aliphatic rings. The highest BCUT2D eigenvalue weighted by Gasteiger charge is 2.36. The van der Waals surface area contributed by atoms with E-state index in [0.717, 1.165) is 29.7 Å². The van der Waals surface area contributed by atoms with Gasteiger partial charge in [-0.3, -0.25) is 14.5 Å². The summed E-state index contributed by atoms with van der Waals surface area (Å²) in [7, 11) is 0. The molecule has 1 unspecified atom stereocenters. The summed E-state index contributed by atoms with van der Waals surface area (Å²) >= 11 is 0. The van der Waals surface area contributed by atoms with E-state index in [4.69, 9.17) is 0 Å². The van der Waals surface area contributed by atoms with Crippen molar-refractivity contribution < 1.29 is 14.0 Å². The number of carbonyl (C=O) groups is 2. The van der Waals surface area contributed by atoms with Crippen LogP contribution in [0.25, 0.3) is 0 Å². The number of H-pyrrole nitrogens is 1. The summed E-state index contributed by atoms with van der Waals surface area (Å²) in [4.78, 5) is 30.3. The number of halogens is 1. The van der Waals surface area contributed by atoms with Crippen LogP contribution in [0.15, 0.2) is 24.3 Å². The Hall–Kier alpha value is -2.27. The molecule has 1 aromatic carbocycles. The Morgan fingerprint density at radius 2 is 1.85 bits per heavy atom. The third kappa shape index (κ3) is 3.63. The molecule has 26 heavy (non-hydrogen) atoms. The zero-order valence-electron chi connectivity index (χ0n) is 15.7. The molecule has 0 radical (unpaired) electrons. The normalized spacial score (nSPS) is 15.3. The fourth-order valence-electron chi connectivity index (χ4n) is 3.67. The minimum atomic E-state index is -0.316. The van der Waals surface area contributed by atoms with Crippen LogP contribution in [-0.4, -0.2) is 33.5 Å². The number of carbonyl (C=O) groups excluding carboxylic acids is 2. The second kappa shape index (κ2) is 7.16. The van der Waals surface area contributed by atoms with Crippen molar-refractivity contribution in [2.45, 2.75) is 59.2 Å². The van der Waals surface area contributed by atoms with Gasteiger partial charge in [0.1, 0.15) is 5.82 Å². The first-order valence-corrected chi connectivity index (χ1v) is 9.04. The van der Waals surface area contributed by atoms with E-state index >= 15 is 0 Å². The minimum absolute atomic E-state index is 0.00730. The first-order valence-electron chi connectivity index (χ1n) is 9.04. The molecule has 1 heterocycles. The largest absolute Gasteiger partial charge is 0.355 e. The van der Waals surface area contributed by atoms with E-state index < -0.39 is 0 Å². The van der Waals surface area contributed by atoms with Gasteiger partial charge >= 0.3 is 0 Å². The molecule has 0 aliphatic heterocycles. The zero-order chi connectivity index (χ0) is 19.0. The molecule has 3 rings (SSSR count). The number of hydrogen-bond acceptors (Lipinski definition) is 3.